The summed E-state index contributed by atoms with van der Waals surface area (Å²) in [4.78, 5) is 12.3. The van der Waals surface area contributed by atoms with E-state index >= 15 is 0 Å². The Morgan fingerprint density at radius 3 is 2.67 bits per heavy atom. The van der Waals surface area contributed by atoms with Gasteiger partial charge in [-0.15, -0.1) is 0 Å². The third-order valence-electron chi connectivity index (χ3n) is 4.92. The lowest BCUT2D eigenvalue weighted by molar-refractivity contribution is -0.127. The van der Waals surface area contributed by atoms with E-state index in [2.05, 4.69) is 12.2 Å². The zero-order valence-corrected chi connectivity index (χ0v) is 11.7. The first-order valence-electron chi connectivity index (χ1n) is 7.71. The molecule has 2 saturated carbocycles. The maximum absolute atomic E-state index is 12.3. The van der Waals surface area contributed by atoms with Crippen LogP contribution in [-0.4, -0.2) is 18.5 Å². The van der Waals surface area contributed by atoms with Crippen LogP contribution in [0.3, 0.4) is 0 Å². The number of hydrogen-bond acceptors (Lipinski definition) is 2. The van der Waals surface area contributed by atoms with Crippen molar-refractivity contribution in [1.82, 2.24) is 5.32 Å². The molecule has 3 heteroatoms. The Balaban J connectivity index is 1.80. The molecule has 3 N–H and O–H groups in total. The number of nitrogens with one attached hydrogen (secondary N) is 1. The van der Waals surface area contributed by atoms with Crippen LogP contribution in [0.1, 0.15) is 58.3 Å². The fourth-order valence-electron chi connectivity index (χ4n) is 3.69. The van der Waals surface area contributed by atoms with Gasteiger partial charge in [-0.2, -0.15) is 0 Å². The minimum Gasteiger partial charge on any atom is -0.353 e. The zero-order chi connectivity index (χ0) is 13.0. The topological polar surface area (TPSA) is 55.1 Å². The molecule has 3 nitrogen and oxygen atoms in total. The minimum absolute atomic E-state index is 0.253. The molecule has 0 aromatic rings. The number of rotatable bonds is 4. The van der Waals surface area contributed by atoms with Crippen LogP contribution in [0.2, 0.25) is 0 Å². The van der Waals surface area contributed by atoms with Gasteiger partial charge in [0.2, 0.25) is 5.91 Å². The molecule has 18 heavy (non-hydrogen) atoms. The van der Waals surface area contributed by atoms with Gasteiger partial charge in [0.05, 0.1) is 0 Å². The Kier molecular flexibility index (Phi) is 5.04. The standard InChI is InChI=1S/C15H28N2O/c1-11-4-2-7-14(11)17-15(18)13-6-3-5-12(10-13)8-9-16/h11-14H,2-10,16H2,1H3,(H,17,18). The van der Waals surface area contributed by atoms with Crippen molar-refractivity contribution in [3.63, 3.8) is 0 Å². The molecule has 1 amide bonds. The molecule has 2 rings (SSSR count). The summed E-state index contributed by atoms with van der Waals surface area (Å²) < 4.78 is 0. The Morgan fingerprint density at radius 2 is 2.00 bits per heavy atom. The van der Waals surface area contributed by atoms with Gasteiger partial charge >= 0.3 is 0 Å². The summed E-state index contributed by atoms with van der Waals surface area (Å²) in [6.07, 6.45) is 9.40. The summed E-state index contributed by atoms with van der Waals surface area (Å²) in [7, 11) is 0. The van der Waals surface area contributed by atoms with Gasteiger partial charge in [0, 0.05) is 12.0 Å². The summed E-state index contributed by atoms with van der Waals surface area (Å²) in [5.41, 5.74) is 5.63. The third-order valence-corrected chi connectivity index (χ3v) is 4.92. The molecule has 0 radical (unpaired) electrons. The van der Waals surface area contributed by atoms with Gasteiger partial charge in [0.25, 0.3) is 0 Å². The lowest BCUT2D eigenvalue weighted by Crippen LogP contribution is -2.41. The molecule has 2 aliphatic carbocycles. The normalized spacial score (nSPS) is 36.6. The number of carbonyl (C=O) groups is 1. The van der Waals surface area contributed by atoms with E-state index in [0.717, 1.165) is 25.8 Å². The molecule has 104 valence electrons. The molecule has 0 saturated heterocycles. The van der Waals surface area contributed by atoms with E-state index < -0.39 is 0 Å². The first kappa shape index (κ1) is 13.9. The quantitative estimate of drug-likeness (QED) is 0.807. The van der Waals surface area contributed by atoms with Crippen molar-refractivity contribution in [3.8, 4) is 0 Å². The highest BCUT2D eigenvalue weighted by molar-refractivity contribution is 5.79. The molecule has 4 unspecified atom stereocenters. The van der Waals surface area contributed by atoms with Crippen LogP contribution in [-0.2, 0) is 4.79 Å². The molecule has 4 atom stereocenters. The van der Waals surface area contributed by atoms with E-state index in [4.69, 9.17) is 5.73 Å². The second-order valence-corrected chi connectivity index (χ2v) is 6.33. The monoisotopic (exact) mass is 252 g/mol. The highest BCUT2D eigenvalue weighted by Gasteiger charge is 2.30. The van der Waals surface area contributed by atoms with Gasteiger partial charge in [0.15, 0.2) is 0 Å². The molecular weight excluding hydrogens is 224 g/mol. The highest BCUT2D eigenvalue weighted by atomic mass is 16.1. The fourth-order valence-corrected chi connectivity index (χ4v) is 3.69. The zero-order valence-electron chi connectivity index (χ0n) is 11.7. The first-order chi connectivity index (χ1) is 8.70. The van der Waals surface area contributed by atoms with Crippen LogP contribution < -0.4 is 11.1 Å². The Bertz CT molecular complexity index is 278. The molecule has 2 aliphatic rings. The van der Waals surface area contributed by atoms with Crippen LogP contribution in [0.15, 0.2) is 0 Å². The van der Waals surface area contributed by atoms with Crippen molar-refractivity contribution in [3.05, 3.63) is 0 Å². The molecule has 0 bridgehead atoms. The van der Waals surface area contributed by atoms with Crippen molar-refractivity contribution < 1.29 is 4.79 Å². The lowest BCUT2D eigenvalue weighted by atomic mass is 9.79. The average Bonchev–Trinajstić information content (AvgIpc) is 2.76. The Hall–Kier alpha value is -0.570. The van der Waals surface area contributed by atoms with Crippen LogP contribution >= 0.6 is 0 Å². The summed E-state index contributed by atoms with van der Waals surface area (Å²) >= 11 is 0. The van der Waals surface area contributed by atoms with E-state index in [1.54, 1.807) is 0 Å². The minimum atomic E-state index is 0.253. The SMILES string of the molecule is CC1CCCC1NC(=O)C1CCCC(CCN)C1. The Labute approximate surface area is 111 Å². The highest BCUT2D eigenvalue weighted by Crippen LogP contribution is 2.32. The van der Waals surface area contributed by atoms with Gasteiger partial charge in [-0.25, -0.2) is 0 Å². The van der Waals surface area contributed by atoms with Crippen molar-refractivity contribution in [2.24, 2.45) is 23.5 Å². The second-order valence-electron chi connectivity index (χ2n) is 6.33. The predicted molar refractivity (Wildman–Crippen MR) is 74.1 cm³/mol. The average molecular weight is 252 g/mol. The molecule has 0 aliphatic heterocycles. The third kappa shape index (κ3) is 3.47. The van der Waals surface area contributed by atoms with Crippen molar-refractivity contribution in [2.45, 2.75) is 64.3 Å². The maximum atomic E-state index is 12.3. The molecule has 0 spiro atoms. The van der Waals surface area contributed by atoms with Gasteiger partial charge in [0.1, 0.15) is 0 Å². The van der Waals surface area contributed by atoms with Crippen molar-refractivity contribution in [2.75, 3.05) is 6.54 Å². The number of hydrogen-bond donors (Lipinski definition) is 2. The Morgan fingerprint density at radius 1 is 1.22 bits per heavy atom. The van der Waals surface area contributed by atoms with Crippen LogP contribution in [0.25, 0.3) is 0 Å². The second kappa shape index (κ2) is 6.55. The molecular formula is C15H28N2O. The largest absolute Gasteiger partial charge is 0.353 e. The van der Waals surface area contributed by atoms with Crippen LogP contribution in [0.4, 0.5) is 0 Å². The van der Waals surface area contributed by atoms with Crippen LogP contribution in [0, 0.1) is 17.8 Å². The van der Waals surface area contributed by atoms with E-state index in [-0.39, 0.29) is 5.92 Å². The van der Waals surface area contributed by atoms with Crippen molar-refractivity contribution >= 4 is 5.91 Å². The maximum Gasteiger partial charge on any atom is 0.223 e. The van der Waals surface area contributed by atoms with Gasteiger partial charge in [-0.05, 0) is 50.5 Å². The summed E-state index contributed by atoms with van der Waals surface area (Å²) in [6, 6.07) is 0.437. The lowest BCUT2D eigenvalue weighted by Gasteiger charge is -2.29. The van der Waals surface area contributed by atoms with Gasteiger partial charge < -0.3 is 11.1 Å². The summed E-state index contributed by atoms with van der Waals surface area (Å²) in [6.45, 7) is 3.02. The van der Waals surface area contributed by atoms with Crippen LogP contribution in [0.5, 0.6) is 0 Å². The van der Waals surface area contributed by atoms with Gasteiger partial charge in [-0.1, -0.05) is 26.2 Å². The molecule has 0 aromatic carbocycles. The van der Waals surface area contributed by atoms with E-state index in [9.17, 15) is 4.79 Å². The summed E-state index contributed by atoms with van der Waals surface area (Å²) in [5.74, 6) is 1.91. The van der Waals surface area contributed by atoms with E-state index in [0.29, 0.717) is 23.8 Å². The molecule has 0 aromatic heterocycles. The smallest absolute Gasteiger partial charge is 0.223 e. The van der Waals surface area contributed by atoms with Crippen molar-refractivity contribution in [1.29, 1.82) is 0 Å². The summed E-state index contributed by atoms with van der Waals surface area (Å²) in [5, 5.41) is 3.29. The first-order valence-corrected chi connectivity index (χ1v) is 7.71. The molecule has 2 fully saturated rings. The van der Waals surface area contributed by atoms with E-state index in [1.165, 1.54) is 32.1 Å². The number of carbonyl (C=O) groups excluding carboxylic acids is 1. The number of nitrogens with two attached hydrogens (primary N) is 1. The van der Waals surface area contributed by atoms with Gasteiger partial charge in [-0.3, -0.25) is 4.79 Å². The van der Waals surface area contributed by atoms with E-state index in [1.807, 2.05) is 0 Å². The predicted octanol–water partition coefficient (Wildman–Crippen LogP) is 2.45. The fraction of sp³-hybridized carbons (Fsp3) is 0.933. The number of amides is 1. The molecule has 0 heterocycles.